The van der Waals surface area contributed by atoms with Crippen LogP contribution in [-0.2, 0) is 4.79 Å². The smallest absolute Gasteiger partial charge is 0.139 e. The Kier molecular flexibility index (Phi) is 3.10. The van der Waals surface area contributed by atoms with Crippen LogP contribution in [0.15, 0.2) is 0 Å². The number of Topliss-reactive ketones (excluding diaryl/α,β-unsaturated/α-hetero) is 1. The van der Waals surface area contributed by atoms with Gasteiger partial charge in [0.2, 0.25) is 0 Å². The Labute approximate surface area is 128 Å². The largest absolute Gasteiger partial charge is 0.393 e. The fourth-order valence-corrected chi connectivity index (χ4v) is 7.01. The predicted molar refractivity (Wildman–Crippen MR) is 82.7 cm³/mol. The van der Waals surface area contributed by atoms with E-state index in [0.29, 0.717) is 17.1 Å². The molecule has 0 aromatic carbocycles. The molecule has 5 unspecified atom stereocenters. The molecule has 1 N–H and O–H groups in total. The van der Waals surface area contributed by atoms with E-state index in [-0.39, 0.29) is 11.5 Å². The lowest BCUT2D eigenvalue weighted by Gasteiger charge is -2.60. The lowest BCUT2D eigenvalue weighted by atomic mass is 9.45. The average Bonchev–Trinajstić information content (AvgIpc) is 2.76. The molecule has 4 saturated carbocycles. The van der Waals surface area contributed by atoms with Crippen LogP contribution in [0.2, 0.25) is 0 Å². The minimum Gasteiger partial charge on any atom is -0.393 e. The Balaban J connectivity index is 1.64. The summed E-state index contributed by atoms with van der Waals surface area (Å²) in [4.78, 5) is 12.4. The van der Waals surface area contributed by atoms with E-state index in [9.17, 15) is 9.90 Å². The van der Waals surface area contributed by atoms with Crippen LogP contribution >= 0.6 is 0 Å². The third-order valence-electron chi connectivity index (χ3n) is 8.35. The Bertz CT molecular complexity index is 458. The molecule has 0 heterocycles. The molecule has 0 aromatic heterocycles. The zero-order valence-corrected chi connectivity index (χ0v) is 13.6. The van der Waals surface area contributed by atoms with E-state index in [1.807, 2.05) is 0 Å². The highest BCUT2D eigenvalue weighted by atomic mass is 16.3. The fraction of sp³-hybridized carbons (Fsp3) is 0.947. The van der Waals surface area contributed by atoms with Crippen LogP contribution in [0.1, 0.15) is 71.6 Å². The molecule has 0 spiro atoms. The summed E-state index contributed by atoms with van der Waals surface area (Å²) in [5.74, 6) is 3.54. The Hall–Kier alpha value is -0.370. The molecule has 21 heavy (non-hydrogen) atoms. The van der Waals surface area contributed by atoms with Gasteiger partial charge in [-0.3, -0.25) is 4.79 Å². The molecule has 0 saturated heterocycles. The summed E-state index contributed by atoms with van der Waals surface area (Å²) in [6.07, 6.45) is 10.1. The normalized spacial score (nSPS) is 56.5. The number of carbonyl (C=O) groups is 1. The Morgan fingerprint density at radius 3 is 2.62 bits per heavy atom. The van der Waals surface area contributed by atoms with E-state index < -0.39 is 0 Å². The first-order valence-corrected chi connectivity index (χ1v) is 9.16. The third kappa shape index (κ3) is 1.84. The first-order valence-electron chi connectivity index (χ1n) is 9.16. The van der Waals surface area contributed by atoms with Crippen molar-refractivity contribution in [2.45, 2.75) is 77.7 Å². The van der Waals surface area contributed by atoms with Crippen LogP contribution in [0.5, 0.6) is 0 Å². The van der Waals surface area contributed by atoms with Gasteiger partial charge in [0, 0.05) is 11.8 Å². The van der Waals surface area contributed by atoms with Crippen molar-refractivity contribution in [3.8, 4) is 0 Å². The van der Waals surface area contributed by atoms with Gasteiger partial charge >= 0.3 is 0 Å². The number of rotatable bonds is 0. The van der Waals surface area contributed by atoms with Crippen molar-refractivity contribution in [3.63, 3.8) is 0 Å². The van der Waals surface area contributed by atoms with Gasteiger partial charge in [-0.25, -0.2) is 0 Å². The summed E-state index contributed by atoms with van der Waals surface area (Å²) >= 11 is 0. The quantitative estimate of drug-likeness (QED) is 0.733. The average molecular weight is 290 g/mol. The van der Waals surface area contributed by atoms with Gasteiger partial charge in [-0.05, 0) is 80.5 Å². The first-order chi connectivity index (χ1) is 9.95. The van der Waals surface area contributed by atoms with Gasteiger partial charge < -0.3 is 5.11 Å². The maximum absolute atomic E-state index is 12.4. The van der Waals surface area contributed by atoms with Crippen LogP contribution in [0, 0.1) is 34.5 Å². The van der Waals surface area contributed by atoms with E-state index in [1.54, 1.807) is 0 Å². The van der Waals surface area contributed by atoms with Gasteiger partial charge in [-0.1, -0.05) is 13.8 Å². The second kappa shape index (κ2) is 4.57. The number of aliphatic hydroxyl groups excluding tert-OH is 1. The minimum absolute atomic E-state index is 0.0124. The highest BCUT2D eigenvalue weighted by Gasteiger charge is 2.60. The van der Waals surface area contributed by atoms with Gasteiger partial charge in [0.25, 0.3) is 0 Å². The lowest BCUT2D eigenvalue weighted by Crippen LogP contribution is -2.54. The molecule has 2 heteroatoms. The van der Waals surface area contributed by atoms with Crippen molar-refractivity contribution in [1.29, 1.82) is 0 Å². The van der Waals surface area contributed by atoms with Gasteiger partial charge in [0.1, 0.15) is 5.78 Å². The van der Waals surface area contributed by atoms with Crippen molar-refractivity contribution in [1.82, 2.24) is 0 Å². The molecule has 0 bridgehead atoms. The summed E-state index contributed by atoms with van der Waals surface area (Å²) in [5, 5.41) is 10.0. The molecule has 0 radical (unpaired) electrons. The van der Waals surface area contributed by atoms with E-state index in [0.717, 1.165) is 49.9 Å². The molecule has 4 fully saturated rings. The summed E-state index contributed by atoms with van der Waals surface area (Å²) < 4.78 is 0. The standard InChI is InChI=1S/C19H30O2/c1-18-9-7-13(20)11-12(18)3-4-14-15-5-6-17(21)19(15,2)10-8-16(14)18/h12-16,20H,3-11H2,1-2H3/t12-,13+,14?,15?,16?,18?,19?/m1/s1. The summed E-state index contributed by atoms with van der Waals surface area (Å²) in [6, 6.07) is 0. The third-order valence-corrected chi connectivity index (χ3v) is 8.35. The molecule has 0 aliphatic heterocycles. The molecular weight excluding hydrogens is 260 g/mol. The molecule has 4 rings (SSSR count). The zero-order valence-electron chi connectivity index (χ0n) is 13.6. The highest BCUT2D eigenvalue weighted by molar-refractivity contribution is 5.87. The van der Waals surface area contributed by atoms with Crippen molar-refractivity contribution < 1.29 is 9.90 Å². The van der Waals surface area contributed by atoms with E-state index >= 15 is 0 Å². The summed E-state index contributed by atoms with van der Waals surface area (Å²) in [7, 11) is 0. The number of hydrogen-bond acceptors (Lipinski definition) is 2. The van der Waals surface area contributed by atoms with Crippen molar-refractivity contribution >= 4 is 5.78 Å². The second-order valence-electron chi connectivity index (χ2n) is 9.00. The number of hydrogen-bond donors (Lipinski definition) is 1. The Morgan fingerprint density at radius 1 is 1.00 bits per heavy atom. The van der Waals surface area contributed by atoms with Crippen LogP contribution in [0.3, 0.4) is 0 Å². The maximum Gasteiger partial charge on any atom is 0.139 e. The van der Waals surface area contributed by atoms with Crippen LogP contribution < -0.4 is 0 Å². The van der Waals surface area contributed by atoms with Gasteiger partial charge in [0.15, 0.2) is 0 Å². The van der Waals surface area contributed by atoms with Crippen LogP contribution in [0.4, 0.5) is 0 Å². The lowest BCUT2D eigenvalue weighted by molar-refractivity contribution is -0.142. The molecule has 118 valence electrons. The topological polar surface area (TPSA) is 37.3 Å². The van der Waals surface area contributed by atoms with Crippen molar-refractivity contribution in [2.24, 2.45) is 34.5 Å². The van der Waals surface area contributed by atoms with E-state index in [1.165, 1.54) is 25.7 Å². The van der Waals surface area contributed by atoms with Gasteiger partial charge in [0.05, 0.1) is 6.10 Å². The minimum atomic E-state index is -0.0541. The highest BCUT2D eigenvalue weighted by Crippen LogP contribution is 2.65. The summed E-state index contributed by atoms with van der Waals surface area (Å²) in [5.41, 5.74) is 0.452. The molecule has 4 aliphatic carbocycles. The SMILES string of the molecule is CC12CCC3C(CC[C@@H]4C[C@@H](O)CCC34C)C1CCC2=O. The molecular formula is C19H30O2. The van der Waals surface area contributed by atoms with Gasteiger partial charge in [-0.2, -0.15) is 0 Å². The molecule has 0 aromatic rings. The summed E-state index contributed by atoms with van der Waals surface area (Å²) in [6.45, 7) is 4.78. The molecule has 4 aliphatic rings. The monoisotopic (exact) mass is 290 g/mol. The Morgan fingerprint density at radius 2 is 1.81 bits per heavy atom. The van der Waals surface area contributed by atoms with Gasteiger partial charge in [-0.15, -0.1) is 0 Å². The van der Waals surface area contributed by atoms with Crippen molar-refractivity contribution in [2.75, 3.05) is 0 Å². The predicted octanol–water partition coefficient (Wildman–Crippen LogP) is 3.96. The molecule has 2 nitrogen and oxygen atoms in total. The number of carbonyl (C=O) groups excluding carboxylic acids is 1. The first kappa shape index (κ1) is 14.2. The number of fused-ring (bicyclic) bond motifs is 5. The zero-order chi connectivity index (χ0) is 14.8. The van der Waals surface area contributed by atoms with Crippen LogP contribution in [0.25, 0.3) is 0 Å². The van der Waals surface area contributed by atoms with Crippen LogP contribution in [-0.4, -0.2) is 17.0 Å². The van der Waals surface area contributed by atoms with E-state index in [4.69, 9.17) is 0 Å². The number of ketones is 1. The van der Waals surface area contributed by atoms with Crippen molar-refractivity contribution in [3.05, 3.63) is 0 Å². The second-order valence-corrected chi connectivity index (χ2v) is 9.00. The van der Waals surface area contributed by atoms with E-state index in [2.05, 4.69) is 13.8 Å². The number of aliphatic hydroxyl groups is 1. The molecule has 7 atom stereocenters. The maximum atomic E-state index is 12.4. The fourth-order valence-electron chi connectivity index (χ4n) is 7.01. The molecule has 0 amide bonds.